The second kappa shape index (κ2) is 14.1. The second-order valence-corrected chi connectivity index (χ2v) is 12.6. The summed E-state index contributed by atoms with van der Waals surface area (Å²) in [5, 5.41) is 0. The topological polar surface area (TPSA) is 17.1 Å². The molecule has 1 nitrogen and oxygen atoms in total. The lowest BCUT2D eigenvalue weighted by Gasteiger charge is -2.17. The molecular weight excluding hydrogens is 508 g/mol. The fraction of sp³-hybridized carbons (Fsp3) is 0.390. The van der Waals surface area contributed by atoms with Crippen molar-refractivity contribution in [3.05, 3.63) is 140 Å². The molecule has 0 radical (unpaired) electrons. The zero-order valence-corrected chi connectivity index (χ0v) is 26.3. The highest BCUT2D eigenvalue weighted by Gasteiger charge is 2.19. The van der Waals surface area contributed by atoms with Gasteiger partial charge in [0.15, 0.2) is 5.78 Å². The fourth-order valence-corrected chi connectivity index (χ4v) is 7.15. The molecule has 8 rings (SSSR count). The van der Waals surface area contributed by atoms with Gasteiger partial charge < -0.3 is 0 Å². The molecule has 0 aromatic heterocycles. The molecule has 4 aliphatic carbocycles. The first-order valence-electron chi connectivity index (χ1n) is 16.3. The minimum absolute atomic E-state index is 0.309. The molecule has 218 valence electrons. The van der Waals surface area contributed by atoms with Gasteiger partial charge in [0.1, 0.15) is 0 Å². The van der Waals surface area contributed by atoms with Gasteiger partial charge in [0.25, 0.3) is 0 Å². The fourth-order valence-electron chi connectivity index (χ4n) is 7.15. The Morgan fingerprint density at radius 2 is 0.952 bits per heavy atom. The number of hydrogen-bond donors (Lipinski definition) is 0. The Hall–Kier alpha value is -3.45. The van der Waals surface area contributed by atoms with E-state index in [9.17, 15) is 4.79 Å². The summed E-state index contributed by atoms with van der Waals surface area (Å²) in [5.74, 6) is 0.309. The first-order chi connectivity index (χ1) is 20.4. The Labute approximate surface area is 254 Å². The van der Waals surface area contributed by atoms with Crippen molar-refractivity contribution in [3.63, 3.8) is 0 Å². The summed E-state index contributed by atoms with van der Waals surface area (Å²) in [6.07, 6.45) is 15.0. The maximum absolute atomic E-state index is 11.2. The molecule has 4 aromatic rings. The van der Waals surface area contributed by atoms with E-state index in [1.54, 1.807) is 33.4 Å². The number of Topliss-reactive ketones (excluding diaryl/α,β-unsaturated/α-hetero) is 1. The average Bonchev–Trinajstić information content (AvgIpc) is 3.76. The minimum Gasteiger partial charge on any atom is -0.294 e. The number of carbonyl (C=O) groups excluding carboxylic acids is 1. The first kappa shape index (κ1) is 30.0. The molecule has 4 aromatic carbocycles. The number of aryl methyl sites for hydroxylation is 8. The number of rotatable bonds is 0. The summed E-state index contributed by atoms with van der Waals surface area (Å²) in [6.45, 7) is 8.67. The largest absolute Gasteiger partial charge is 0.294 e. The molecule has 0 fully saturated rings. The van der Waals surface area contributed by atoms with Crippen molar-refractivity contribution in [2.24, 2.45) is 0 Å². The SMILES string of the molecule is Cc1ccc2c(c1)CCC2.Cc1cccc2c1CCC2.Cc1cccc2c1CCC2=O.Cc1cccc2c1CCCC2. The normalized spacial score (nSPS) is 15.5. The van der Waals surface area contributed by atoms with Gasteiger partial charge in [0.2, 0.25) is 0 Å². The lowest BCUT2D eigenvalue weighted by atomic mass is 9.89. The van der Waals surface area contributed by atoms with Crippen LogP contribution < -0.4 is 0 Å². The van der Waals surface area contributed by atoms with E-state index in [2.05, 4.69) is 88.4 Å². The van der Waals surface area contributed by atoms with Gasteiger partial charge in [-0.05, 0) is 154 Å². The monoisotopic (exact) mass is 556 g/mol. The molecule has 0 saturated carbocycles. The number of carbonyl (C=O) groups is 1. The van der Waals surface area contributed by atoms with Crippen LogP contribution in [0.15, 0.2) is 72.8 Å². The van der Waals surface area contributed by atoms with E-state index in [-0.39, 0.29) is 0 Å². The molecule has 0 heterocycles. The molecule has 0 saturated heterocycles. The van der Waals surface area contributed by atoms with Crippen LogP contribution in [0.25, 0.3) is 0 Å². The summed E-state index contributed by atoms with van der Waals surface area (Å²) in [5.41, 5.74) is 17.4. The predicted molar refractivity (Wildman–Crippen MR) is 178 cm³/mol. The zero-order valence-electron chi connectivity index (χ0n) is 26.3. The van der Waals surface area contributed by atoms with Crippen LogP contribution in [0.2, 0.25) is 0 Å². The molecule has 0 amide bonds. The van der Waals surface area contributed by atoms with Crippen LogP contribution in [-0.2, 0) is 44.9 Å². The van der Waals surface area contributed by atoms with Crippen LogP contribution in [0.5, 0.6) is 0 Å². The van der Waals surface area contributed by atoms with Crippen LogP contribution in [-0.4, -0.2) is 5.78 Å². The van der Waals surface area contributed by atoms with E-state index in [0.29, 0.717) is 12.2 Å². The lowest BCUT2D eigenvalue weighted by Crippen LogP contribution is -2.03. The van der Waals surface area contributed by atoms with Gasteiger partial charge in [0, 0.05) is 12.0 Å². The molecular formula is C41H48O. The van der Waals surface area contributed by atoms with Crippen molar-refractivity contribution < 1.29 is 4.79 Å². The van der Waals surface area contributed by atoms with Crippen LogP contribution >= 0.6 is 0 Å². The summed E-state index contributed by atoms with van der Waals surface area (Å²) >= 11 is 0. The van der Waals surface area contributed by atoms with E-state index in [1.807, 2.05) is 12.1 Å². The molecule has 0 N–H and O–H groups in total. The Bertz CT molecular complexity index is 1540. The zero-order chi connectivity index (χ0) is 29.5. The standard InChI is InChI=1S/C11H14.C10H10O.2C10H12/c1-9-5-4-7-10-6-2-3-8-11(9)10;1-7-3-2-4-9-8(7)5-6-10(9)11;1-8-4-2-5-9-6-3-7-10(8)9;1-8-5-6-9-3-2-4-10(9)7-8/h4-5,7H,2-3,6,8H2,1H3;2-4H,5-6H2,1H3;2,4-5H,3,6-7H2,1H3;5-7H,2-4H2,1H3. The van der Waals surface area contributed by atoms with E-state index < -0.39 is 0 Å². The summed E-state index contributed by atoms with van der Waals surface area (Å²) in [4.78, 5) is 11.2. The van der Waals surface area contributed by atoms with Gasteiger partial charge >= 0.3 is 0 Å². The molecule has 42 heavy (non-hydrogen) atoms. The molecule has 4 aliphatic rings. The maximum Gasteiger partial charge on any atom is 0.163 e. The summed E-state index contributed by atoms with van der Waals surface area (Å²) < 4.78 is 0. The average molecular weight is 557 g/mol. The number of benzene rings is 4. The number of ketones is 1. The highest BCUT2D eigenvalue weighted by molar-refractivity contribution is 6.00. The summed E-state index contributed by atoms with van der Waals surface area (Å²) in [7, 11) is 0. The van der Waals surface area contributed by atoms with Crippen molar-refractivity contribution in [2.45, 2.75) is 105 Å². The van der Waals surface area contributed by atoms with Gasteiger partial charge in [-0.2, -0.15) is 0 Å². The van der Waals surface area contributed by atoms with Gasteiger partial charge in [-0.25, -0.2) is 0 Å². The second-order valence-electron chi connectivity index (χ2n) is 12.6. The van der Waals surface area contributed by atoms with Crippen LogP contribution in [0.4, 0.5) is 0 Å². The van der Waals surface area contributed by atoms with Crippen molar-refractivity contribution in [2.75, 3.05) is 0 Å². The third-order valence-electron chi connectivity index (χ3n) is 9.58. The van der Waals surface area contributed by atoms with E-state index in [4.69, 9.17) is 0 Å². The lowest BCUT2D eigenvalue weighted by molar-refractivity contribution is 0.0994. The van der Waals surface area contributed by atoms with Gasteiger partial charge in [-0.3, -0.25) is 4.79 Å². The number of fused-ring (bicyclic) bond motifs is 4. The minimum atomic E-state index is 0.309. The van der Waals surface area contributed by atoms with Crippen molar-refractivity contribution in [3.8, 4) is 0 Å². The van der Waals surface area contributed by atoms with E-state index >= 15 is 0 Å². The van der Waals surface area contributed by atoms with Crippen LogP contribution in [0.1, 0.15) is 104 Å². The summed E-state index contributed by atoms with van der Waals surface area (Å²) in [6, 6.07) is 26.1. The van der Waals surface area contributed by atoms with Crippen molar-refractivity contribution in [1.82, 2.24) is 0 Å². The van der Waals surface area contributed by atoms with Crippen molar-refractivity contribution >= 4 is 5.78 Å². The third kappa shape index (κ3) is 7.30. The quantitative estimate of drug-likeness (QED) is 0.211. The van der Waals surface area contributed by atoms with Crippen molar-refractivity contribution in [1.29, 1.82) is 0 Å². The van der Waals surface area contributed by atoms with Crippen LogP contribution in [0, 0.1) is 27.7 Å². The molecule has 1 heteroatoms. The van der Waals surface area contributed by atoms with Gasteiger partial charge in [-0.1, -0.05) is 78.4 Å². The van der Waals surface area contributed by atoms with E-state index in [0.717, 1.165) is 12.0 Å². The molecule has 0 bridgehead atoms. The predicted octanol–water partition coefficient (Wildman–Crippen LogP) is 9.97. The smallest absolute Gasteiger partial charge is 0.163 e. The maximum atomic E-state index is 11.2. The van der Waals surface area contributed by atoms with E-state index in [1.165, 1.54) is 92.0 Å². The van der Waals surface area contributed by atoms with Gasteiger partial charge in [0.05, 0.1) is 0 Å². The molecule has 0 spiro atoms. The third-order valence-corrected chi connectivity index (χ3v) is 9.58. The Balaban J connectivity index is 0.000000112. The highest BCUT2D eigenvalue weighted by atomic mass is 16.1. The Morgan fingerprint density at radius 3 is 1.62 bits per heavy atom. The number of hydrogen-bond acceptors (Lipinski definition) is 1. The molecule has 0 atom stereocenters. The molecule has 0 unspecified atom stereocenters. The van der Waals surface area contributed by atoms with Gasteiger partial charge in [-0.15, -0.1) is 0 Å². The van der Waals surface area contributed by atoms with Crippen LogP contribution in [0.3, 0.4) is 0 Å². The highest BCUT2D eigenvalue weighted by Crippen LogP contribution is 2.26. The molecule has 0 aliphatic heterocycles. The Morgan fingerprint density at radius 1 is 0.429 bits per heavy atom. The first-order valence-corrected chi connectivity index (χ1v) is 16.3. The Kier molecular flexibility index (Phi) is 10.1.